The highest BCUT2D eigenvalue weighted by Gasteiger charge is 2.19. The minimum absolute atomic E-state index is 0.446. The van der Waals surface area contributed by atoms with Crippen molar-refractivity contribution in [3.8, 4) is 5.75 Å². The molecule has 2 aromatic carbocycles. The maximum atomic E-state index is 6.25. The Labute approximate surface area is 185 Å². The lowest BCUT2D eigenvalue weighted by Gasteiger charge is -2.28. The van der Waals surface area contributed by atoms with E-state index in [1.807, 2.05) is 0 Å². The summed E-state index contributed by atoms with van der Waals surface area (Å²) in [7, 11) is 0. The zero-order chi connectivity index (χ0) is 21.1. The molecule has 2 heterocycles. The summed E-state index contributed by atoms with van der Waals surface area (Å²) in [6, 6.07) is 15.1. The van der Waals surface area contributed by atoms with Gasteiger partial charge in [-0.1, -0.05) is 56.4 Å². The summed E-state index contributed by atoms with van der Waals surface area (Å²) >= 11 is 5.91. The van der Waals surface area contributed by atoms with Gasteiger partial charge in [-0.05, 0) is 55.4 Å². The summed E-state index contributed by atoms with van der Waals surface area (Å²) in [6.07, 6.45) is 6.02. The number of hydrogen-bond donors (Lipinski definition) is 0. The number of benzene rings is 2. The summed E-state index contributed by atoms with van der Waals surface area (Å²) in [5.74, 6) is 1.45. The predicted octanol–water partition coefficient (Wildman–Crippen LogP) is 6.31. The Morgan fingerprint density at radius 1 is 1.07 bits per heavy atom. The first-order chi connectivity index (χ1) is 14.5. The molecule has 30 heavy (non-hydrogen) atoms. The van der Waals surface area contributed by atoms with Crippen molar-refractivity contribution in [3.63, 3.8) is 0 Å². The maximum Gasteiger partial charge on any atom is 0.123 e. The number of thiocarbonyl (C=S) groups is 1. The Morgan fingerprint density at radius 3 is 2.60 bits per heavy atom. The average Bonchev–Trinajstić information content (AvgIpc) is 3.12. The van der Waals surface area contributed by atoms with Gasteiger partial charge in [0.05, 0.1) is 6.54 Å². The molecule has 4 rings (SSSR count). The first-order valence-corrected chi connectivity index (χ1v) is 11.6. The number of aryl methyl sites for hydroxylation is 1. The maximum absolute atomic E-state index is 6.25. The topological polar surface area (TPSA) is 17.4 Å². The number of nitrogens with zero attached hydrogens (tertiary/aromatic N) is 2. The Hall–Kier alpha value is -2.33. The molecular weight excluding hydrogens is 388 g/mol. The summed E-state index contributed by atoms with van der Waals surface area (Å²) in [6.45, 7) is 10.1. The third kappa shape index (κ3) is 4.39. The minimum atomic E-state index is 0.446. The van der Waals surface area contributed by atoms with Gasteiger partial charge in [-0.15, -0.1) is 0 Å². The van der Waals surface area contributed by atoms with Crippen molar-refractivity contribution in [1.29, 1.82) is 0 Å². The SMILES string of the molecule is Cc1ccc(C(C)C)c(OCCn2cc(C(=S)N3CCCCC3)c3ccccc32)c1. The summed E-state index contributed by atoms with van der Waals surface area (Å²) < 4.78 is 8.55. The van der Waals surface area contributed by atoms with Gasteiger partial charge in [-0.25, -0.2) is 0 Å². The zero-order valence-corrected chi connectivity index (χ0v) is 19.2. The number of fused-ring (bicyclic) bond motifs is 1. The van der Waals surface area contributed by atoms with Crippen LogP contribution in [-0.4, -0.2) is 34.2 Å². The van der Waals surface area contributed by atoms with Crippen LogP contribution in [0.25, 0.3) is 10.9 Å². The van der Waals surface area contributed by atoms with Crippen LogP contribution in [0.3, 0.4) is 0 Å². The van der Waals surface area contributed by atoms with Crippen LogP contribution in [0.5, 0.6) is 5.75 Å². The van der Waals surface area contributed by atoms with Crippen LogP contribution in [0, 0.1) is 6.92 Å². The lowest BCUT2D eigenvalue weighted by Crippen LogP contribution is -2.34. The van der Waals surface area contributed by atoms with Gasteiger partial charge >= 0.3 is 0 Å². The van der Waals surface area contributed by atoms with E-state index in [9.17, 15) is 0 Å². The zero-order valence-electron chi connectivity index (χ0n) is 18.4. The third-order valence-corrected chi connectivity index (χ3v) is 6.52. The molecule has 0 amide bonds. The van der Waals surface area contributed by atoms with Gasteiger partial charge in [0.15, 0.2) is 0 Å². The quantitative estimate of drug-likeness (QED) is 0.435. The van der Waals surface area contributed by atoms with E-state index in [1.165, 1.54) is 46.9 Å². The normalized spacial score (nSPS) is 14.5. The molecule has 0 aliphatic carbocycles. The van der Waals surface area contributed by atoms with E-state index in [0.717, 1.165) is 30.4 Å². The molecule has 0 saturated carbocycles. The molecule has 3 nitrogen and oxygen atoms in total. The Morgan fingerprint density at radius 2 is 1.83 bits per heavy atom. The van der Waals surface area contributed by atoms with E-state index in [1.54, 1.807) is 0 Å². The van der Waals surface area contributed by atoms with Gasteiger partial charge < -0.3 is 14.2 Å². The molecule has 0 spiro atoms. The number of rotatable bonds is 6. The third-order valence-electron chi connectivity index (χ3n) is 6.04. The summed E-state index contributed by atoms with van der Waals surface area (Å²) in [5, 5.41) is 1.24. The molecule has 0 atom stereocenters. The van der Waals surface area contributed by atoms with E-state index in [0.29, 0.717) is 12.5 Å². The highest BCUT2D eigenvalue weighted by molar-refractivity contribution is 7.80. The van der Waals surface area contributed by atoms with Crippen LogP contribution >= 0.6 is 12.2 Å². The molecular formula is C26H32N2OS. The molecule has 1 fully saturated rings. The van der Waals surface area contributed by atoms with E-state index < -0.39 is 0 Å². The second-order valence-electron chi connectivity index (χ2n) is 8.65. The number of para-hydroxylation sites is 1. The monoisotopic (exact) mass is 420 g/mol. The summed E-state index contributed by atoms with van der Waals surface area (Å²) in [5.41, 5.74) is 4.91. The molecule has 1 aliphatic heterocycles. The second-order valence-corrected chi connectivity index (χ2v) is 9.04. The molecule has 4 heteroatoms. The van der Waals surface area contributed by atoms with E-state index >= 15 is 0 Å². The fraction of sp³-hybridized carbons (Fsp3) is 0.423. The Balaban J connectivity index is 1.54. The standard InChI is InChI=1S/C26H32N2OS/c1-19(2)21-12-11-20(3)17-25(21)29-16-15-28-18-23(22-9-5-6-10-24(22)28)26(30)27-13-7-4-8-14-27/h5-6,9-12,17-19H,4,7-8,13-16H2,1-3H3. The molecule has 0 unspecified atom stereocenters. The van der Waals surface area contributed by atoms with Crippen molar-refractivity contribution in [1.82, 2.24) is 9.47 Å². The van der Waals surface area contributed by atoms with Crippen LogP contribution in [0.4, 0.5) is 0 Å². The van der Waals surface area contributed by atoms with Crippen molar-refractivity contribution in [3.05, 3.63) is 65.4 Å². The number of ether oxygens (including phenoxy) is 1. The molecule has 3 aromatic rings. The largest absolute Gasteiger partial charge is 0.491 e. The molecule has 158 valence electrons. The summed E-state index contributed by atoms with van der Waals surface area (Å²) in [4.78, 5) is 3.37. The molecule has 1 saturated heterocycles. The van der Waals surface area contributed by atoms with E-state index in [-0.39, 0.29) is 0 Å². The lowest BCUT2D eigenvalue weighted by molar-refractivity contribution is 0.296. The van der Waals surface area contributed by atoms with Crippen LogP contribution in [-0.2, 0) is 6.54 Å². The number of hydrogen-bond acceptors (Lipinski definition) is 2. The van der Waals surface area contributed by atoms with Gasteiger partial charge in [0, 0.05) is 35.8 Å². The van der Waals surface area contributed by atoms with Gasteiger partial charge in [0.1, 0.15) is 17.3 Å². The molecule has 0 bridgehead atoms. The highest BCUT2D eigenvalue weighted by atomic mass is 32.1. The van der Waals surface area contributed by atoms with Gasteiger partial charge in [-0.3, -0.25) is 0 Å². The second kappa shape index (κ2) is 9.22. The number of piperidine rings is 1. The van der Waals surface area contributed by atoms with Crippen molar-refractivity contribution in [2.75, 3.05) is 19.7 Å². The van der Waals surface area contributed by atoms with Crippen LogP contribution < -0.4 is 4.74 Å². The van der Waals surface area contributed by atoms with Crippen molar-refractivity contribution in [2.45, 2.75) is 52.5 Å². The predicted molar refractivity (Wildman–Crippen MR) is 130 cm³/mol. The fourth-order valence-corrected chi connectivity index (χ4v) is 4.71. The minimum Gasteiger partial charge on any atom is -0.491 e. The van der Waals surface area contributed by atoms with Crippen molar-refractivity contribution < 1.29 is 4.74 Å². The van der Waals surface area contributed by atoms with Crippen molar-refractivity contribution in [2.24, 2.45) is 0 Å². The number of aromatic nitrogens is 1. The van der Waals surface area contributed by atoms with Crippen molar-refractivity contribution >= 4 is 28.1 Å². The van der Waals surface area contributed by atoms with E-state index in [2.05, 4.69) is 78.9 Å². The lowest BCUT2D eigenvalue weighted by atomic mass is 10.0. The highest BCUT2D eigenvalue weighted by Crippen LogP contribution is 2.28. The first-order valence-electron chi connectivity index (χ1n) is 11.1. The van der Waals surface area contributed by atoms with Gasteiger partial charge in [-0.2, -0.15) is 0 Å². The molecule has 0 radical (unpaired) electrons. The molecule has 1 aliphatic rings. The van der Waals surface area contributed by atoms with Crippen LogP contribution in [0.15, 0.2) is 48.7 Å². The average molecular weight is 421 g/mol. The van der Waals surface area contributed by atoms with E-state index in [4.69, 9.17) is 17.0 Å². The Kier molecular flexibility index (Phi) is 6.43. The smallest absolute Gasteiger partial charge is 0.123 e. The fourth-order valence-electron chi connectivity index (χ4n) is 4.37. The molecule has 0 N–H and O–H groups in total. The Bertz CT molecular complexity index is 1030. The first kappa shape index (κ1) is 20.9. The van der Waals surface area contributed by atoms with Crippen LogP contribution in [0.2, 0.25) is 0 Å². The number of likely N-dealkylation sites (tertiary alicyclic amines) is 1. The van der Waals surface area contributed by atoms with Gasteiger partial charge in [0.25, 0.3) is 0 Å². The molecule has 1 aromatic heterocycles. The van der Waals surface area contributed by atoms with Crippen LogP contribution in [0.1, 0.15) is 55.7 Å². The van der Waals surface area contributed by atoms with Gasteiger partial charge in [0.2, 0.25) is 0 Å².